The first-order valence-corrected chi connectivity index (χ1v) is 5.58. The van der Waals surface area contributed by atoms with E-state index in [1.54, 1.807) is 12.5 Å². The number of aromatic nitrogens is 5. The molecule has 8 heteroatoms. The summed E-state index contributed by atoms with van der Waals surface area (Å²) in [6, 6.07) is 0. The topological polar surface area (TPSA) is 68.5 Å². The molecule has 0 spiro atoms. The molecule has 16 heavy (non-hydrogen) atoms. The molecule has 2 rings (SSSR count). The van der Waals surface area contributed by atoms with Crippen molar-refractivity contribution in [3.05, 3.63) is 28.1 Å². The second-order valence-electron chi connectivity index (χ2n) is 3.05. The van der Waals surface area contributed by atoms with Crippen molar-refractivity contribution in [1.29, 1.82) is 0 Å². The molecule has 2 heterocycles. The summed E-state index contributed by atoms with van der Waals surface area (Å²) in [6.07, 6.45) is 3.23. The molecule has 1 N–H and O–H groups in total. The van der Waals surface area contributed by atoms with Crippen molar-refractivity contribution < 1.29 is 0 Å². The van der Waals surface area contributed by atoms with Crippen LogP contribution in [-0.2, 0) is 13.6 Å². The highest BCUT2D eigenvalue weighted by Crippen LogP contribution is 2.20. The van der Waals surface area contributed by atoms with Gasteiger partial charge in [0.15, 0.2) is 5.82 Å². The smallest absolute Gasteiger partial charge is 0.224 e. The third kappa shape index (κ3) is 2.48. The number of nitrogens with one attached hydrogen (secondary N) is 1. The first-order chi connectivity index (χ1) is 7.66. The maximum absolute atomic E-state index is 5.69. The van der Waals surface area contributed by atoms with E-state index >= 15 is 0 Å². The Morgan fingerprint density at radius 3 is 3.06 bits per heavy atom. The van der Waals surface area contributed by atoms with Crippen LogP contribution in [0.25, 0.3) is 0 Å². The summed E-state index contributed by atoms with van der Waals surface area (Å²) < 4.78 is 2.57. The fourth-order valence-corrected chi connectivity index (χ4v) is 1.56. The first kappa shape index (κ1) is 11.3. The summed E-state index contributed by atoms with van der Waals surface area (Å²) in [4.78, 5) is 7.88. The Balaban J connectivity index is 2.10. The largest absolute Gasteiger partial charge is 0.362 e. The average molecular weight is 304 g/mol. The number of halogens is 2. The van der Waals surface area contributed by atoms with Gasteiger partial charge >= 0.3 is 0 Å². The molecule has 84 valence electrons. The van der Waals surface area contributed by atoms with E-state index in [4.69, 9.17) is 11.6 Å². The number of aryl methyl sites for hydroxylation is 1. The van der Waals surface area contributed by atoms with E-state index in [-0.39, 0.29) is 5.28 Å². The minimum atomic E-state index is 0.198. The SMILES string of the molecule is Cn1cnnc1CNc1nc(Cl)ncc1Br. The van der Waals surface area contributed by atoms with Crippen LogP contribution in [0.2, 0.25) is 5.28 Å². The van der Waals surface area contributed by atoms with Gasteiger partial charge in [0.1, 0.15) is 12.1 Å². The van der Waals surface area contributed by atoms with Crippen LogP contribution in [0.15, 0.2) is 17.0 Å². The molecule has 0 saturated heterocycles. The fraction of sp³-hybridized carbons (Fsp3) is 0.250. The molecule has 0 aliphatic rings. The Labute approximate surface area is 105 Å². The normalized spacial score (nSPS) is 10.4. The number of rotatable bonds is 3. The van der Waals surface area contributed by atoms with Gasteiger partial charge in [-0.15, -0.1) is 10.2 Å². The Morgan fingerprint density at radius 1 is 1.56 bits per heavy atom. The predicted molar refractivity (Wildman–Crippen MR) is 63.1 cm³/mol. The van der Waals surface area contributed by atoms with Gasteiger partial charge in [-0.25, -0.2) is 4.98 Å². The predicted octanol–water partition coefficient (Wildman–Crippen LogP) is 1.63. The van der Waals surface area contributed by atoms with Gasteiger partial charge in [0.05, 0.1) is 11.0 Å². The van der Waals surface area contributed by atoms with Gasteiger partial charge in [-0.3, -0.25) is 0 Å². The Hall–Kier alpha value is -1.21. The highest BCUT2D eigenvalue weighted by molar-refractivity contribution is 9.10. The zero-order valence-corrected chi connectivity index (χ0v) is 10.7. The van der Waals surface area contributed by atoms with Crippen LogP contribution >= 0.6 is 27.5 Å². The lowest BCUT2D eigenvalue weighted by atomic mass is 10.5. The molecule has 0 atom stereocenters. The van der Waals surface area contributed by atoms with E-state index in [1.807, 2.05) is 11.6 Å². The maximum Gasteiger partial charge on any atom is 0.224 e. The van der Waals surface area contributed by atoms with Crippen LogP contribution in [0.4, 0.5) is 5.82 Å². The average Bonchev–Trinajstić information content (AvgIpc) is 2.66. The molecule has 0 radical (unpaired) electrons. The molecule has 0 aromatic carbocycles. The molecule has 0 bridgehead atoms. The lowest BCUT2D eigenvalue weighted by molar-refractivity contribution is 0.809. The highest BCUT2D eigenvalue weighted by Gasteiger charge is 2.05. The van der Waals surface area contributed by atoms with Crippen molar-refractivity contribution >= 4 is 33.3 Å². The molecular formula is C8H8BrClN6. The van der Waals surface area contributed by atoms with Gasteiger partial charge in [0.2, 0.25) is 5.28 Å². The molecule has 0 saturated carbocycles. The molecule has 0 amide bonds. The van der Waals surface area contributed by atoms with Crippen molar-refractivity contribution in [3.63, 3.8) is 0 Å². The van der Waals surface area contributed by atoms with Crippen LogP contribution in [0.5, 0.6) is 0 Å². The van der Waals surface area contributed by atoms with E-state index < -0.39 is 0 Å². The van der Waals surface area contributed by atoms with E-state index in [0.717, 1.165) is 10.3 Å². The Morgan fingerprint density at radius 2 is 2.38 bits per heavy atom. The van der Waals surface area contributed by atoms with Crippen LogP contribution < -0.4 is 5.32 Å². The van der Waals surface area contributed by atoms with E-state index in [0.29, 0.717) is 12.4 Å². The van der Waals surface area contributed by atoms with Crippen LogP contribution in [0.3, 0.4) is 0 Å². The van der Waals surface area contributed by atoms with E-state index in [1.165, 1.54) is 0 Å². The molecule has 2 aromatic heterocycles. The minimum Gasteiger partial charge on any atom is -0.362 e. The number of nitrogens with zero attached hydrogens (tertiary/aromatic N) is 5. The summed E-state index contributed by atoms with van der Waals surface area (Å²) in [5.41, 5.74) is 0. The second-order valence-corrected chi connectivity index (χ2v) is 4.24. The third-order valence-corrected chi connectivity index (χ3v) is 2.70. The van der Waals surface area contributed by atoms with Gasteiger partial charge in [0.25, 0.3) is 0 Å². The van der Waals surface area contributed by atoms with Crippen molar-refractivity contribution in [3.8, 4) is 0 Å². The van der Waals surface area contributed by atoms with Crippen molar-refractivity contribution in [1.82, 2.24) is 24.7 Å². The van der Waals surface area contributed by atoms with Gasteiger partial charge in [-0.1, -0.05) is 0 Å². The number of anilines is 1. The highest BCUT2D eigenvalue weighted by atomic mass is 79.9. The number of hydrogen-bond acceptors (Lipinski definition) is 5. The molecule has 0 aliphatic heterocycles. The molecule has 2 aromatic rings. The van der Waals surface area contributed by atoms with E-state index in [9.17, 15) is 0 Å². The molecule has 0 fully saturated rings. The van der Waals surface area contributed by atoms with Crippen molar-refractivity contribution in [2.75, 3.05) is 5.32 Å². The molecular weight excluding hydrogens is 295 g/mol. The molecule has 6 nitrogen and oxygen atoms in total. The standard InChI is InChI=1S/C8H8BrClN6/c1-16-4-13-15-6(16)3-11-7-5(9)2-12-8(10)14-7/h2,4H,3H2,1H3,(H,11,12,14). The van der Waals surface area contributed by atoms with Crippen LogP contribution in [0, 0.1) is 0 Å². The minimum absolute atomic E-state index is 0.198. The summed E-state index contributed by atoms with van der Waals surface area (Å²) in [6.45, 7) is 0.516. The molecule has 0 aliphatic carbocycles. The monoisotopic (exact) mass is 302 g/mol. The maximum atomic E-state index is 5.69. The Kier molecular flexibility index (Phi) is 3.35. The third-order valence-electron chi connectivity index (χ3n) is 1.93. The quantitative estimate of drug-likeness (QED) is 0.873. The van der Waals surface area contributed by atoms with Crippen molar-refractivity contribution in [2.24, 2.45) is 7.05 Å². The molecule has 0 unspecified atom stereocenters. The zero-order chi connectivity index (χ0) is 11.5. The van der Waals surface area contributed by atoms with Crippen LogP contribution in [0.1, 0.15) is 5.82 Å². The van der Waals surface area contributed by atoms with Gasteiger partial charge in [-0.05, 0) is 27.5 Å². The summed E-state index contributed by atoms with van der Waals surface area (Å²) >= 11 is 9.02. The van der Waals surface area contributed by atoms with Gasteiger partial charge < -0.3 is 9.88 Å². The van der Waals surface area contributed by atoms with Gasteiger partial charge in [-0.2, -0.15) is 4.98 Å². The summed E-state index contributed by atoms with van der Waals surface area (Å²) in [7, 11) is 1.87. The summed E-state index contributed by atoms with van der Waals surface area (Å²) in [5.74, 6) is 1.43. The van der Waals surface area contributed by atoms with Crippen LogP contribution in [-0.4, -0.2) is 24.7 Å². The lowest BCUT2D eigenvalue weighted by Crippen LogP contribution is -2.07. The van der Waals surface area contributed by atoms with E-state index in [2.05, 4.69) is 41.4 Å². The first-order valence-electron chi connectivity index (χ1n) is 4.41. The van der Waals surface area contributed by atoms with Crippen molar-refractivity contribution in [2.45, 2.75) is 6.54 Å². The number of hydrogen-bond donors (Lipinski definition) is 1. The van der Waals surface area contributed by atoms with Gasteiger partial charge in [0, 0.05) is 13.2 Å². The fourth-order valence-electron chi connectivity index (χ4n) is 1.10. The zero-order valence-electron chi connectivity index (χ0n) is 8.35. The lowest BCUT2D eigenvalue weighted by Gasteiger charge is -2.06. The Bertz CT molecular complexity index is 499. The second kappa shape index (κ2) is 4.75. The summed E-state index contributed by atoms with van der Waals surface area (Å²) in [5, 5.41) is 11.0.